The van der Waals surface area contributed by atoms with E-state index < -0.39 is 0 Å². The molecule has 1 fully saturated rings. The van der Waals surface area contributed by atoms with Crippen molar-refractivity contribution in [2.45, 2.75) is 6.92 Å². The molecule has 112 valence electrons. The van der Waals surface area contributed by atoms with E-state index in [-0.39, 0.29) is 0 Å². The van der Waals surface area contributed by atoms with Crippen molar-refractivity contribution in [1.29, 1.82) is 0 Å². The Kier molecular flexibility index (Phi) is 3.31. The summed E-state index contributed by atoms with van der Waals surface area (Å²) in [6.45, 7) is 6.12. The number of nitrogens with one attached hydrogen (secondary N) is 1. The largest absolute Gasteiger partial charge is 0.436 e. The maximum atomic E-state index is 5.99. The van der Waals surface area contributed by atoms with Gasteiger partial charge >= 0.3 is 0 Å². The Morgan fingerprint density at radius 1 is 1.09 bits per heavy atom. The topological polar surface area (TPSA) is 41.3 Å². The summed E-state index contributed by atoms with van der Waals surface area (Å²) < 4.78 is 5.99. The Morgan fingerprint density at radius 2 is 1.91 bits per heavy atom. The number of para-hydroxylation sites is 1. The van der Waals surface area contributed by atoms with Gasteiger partial charge in [-0.3, -0.25) is 0 Å². The van der Waals surface area contributed by atoms with Crippen molar-refractivity contribution in [1.82, 2.24) is 10.3 Å². The van der Waals surface area contributed by atoms with E-state index in [1.165, 1.54) is 11.3 Å². The molecule has 0 amide bonds. The van der Waals surface area contributed by atoms with Crippen LogP contribution in [0.2, 0.25) is 0 Å². The number of fused-ring (bicyclic) bond motifs is 1. The molecule has 2 heterocycles. The minimum atomic E-state index is 0.696. The molecule has 1 aromatic heterocycles. The molecule has 22 heavy (non-hydrogen) atoms. The zero-order valence-electron chi connectivity index (χ0n) is 12.7. The smallest absolute Gasteiger partial charge is 0.227 e. The number of aryl methyl sites for hydroxylation is 1. The second-order valence-electron chi connectivity index (χ2n) is 5.75. The summed E-state index contributed by atoms with van der Waals surface area (Å²) in [6, 6.07) is 14.4. The summed E-state index contributed by atoms with van der Waals surface area (Å²) in [5.41, 5.74) is 5.22. The Hall–Kier alpha value is -2.33. The van der Waals surface area contributed by atoms with Crippen molar-refractivity contribution >= 4 is 16.8 Å². The average molecular weight is 293 g/mol. The first-order chi connectivity index (χ1) is 10.8. The van der Waals surface area contributed by atoms with Crippen molar-refractivity contribution in [3.63, 3.8) is 0 Å². The lowest BCUT2D eigenvalue weighted by Crippen LogP contribution is -2.43. The fourth-order valence-corrected chi connectivity index (χ4v) is 3.00. The van der Waals surface area contributed by atoms with Gasteiger partial charge in [0.25, 0.3) is 0 Å². The Morgan fingerprint density at radius 3 is 2.73 bits per heavy atom. The van der Waals surface area contributed by atoms with Gasteiger partial charge in [0.05, 0.1) is 5.69 Å². The van der Waals surface area contributed by atoms with E-state index in [9.17, 15) is 0 Å². The minimum Gasteiger partial charge on any atom is -0.436 e. The first-order valence-corrected chi connectivity index (χ1v) is 7.73. The normalized spacial score (nSPS) is 15.4. The Balaban J connectivity index is 1.80. The predicted molar refractivity (Wildman–Crippen MR) is 89.3 cm³/mol. The van der Waals surface area contributed by atoms with Crippen LogP contribution in [-0.2, 0) is 0 Å². The van der Waals surface area contributed by atoms with Crippen LogP contribution < -0.4 is 10.2 Å². The van der Waals surface area contributed by atoms with Gasteiger partial charge in [-0.25, -0.2) is 4.98 Å². The number of rotatable bonds is 2. The molecule has 0 aliphatic carbocycles. The molecule has 0 bridgehead atoms. The monoisotopic (exact) mass is 293 g/mol. The summed E-state index contributed by atoms with van der Waals surface area (Å²) in [5, 5.41) is 3.38. The molecule has 1 aliphatic heterocycles. The summed E-state index contributed by atoms with van der Waals surface area (Å²) >= 11 is 0. The van der Waals surface area contributed by atoms with Crippen molar-refractivity contribution in [3.8, 4) is 11.5 Å². The quantitative estimate of drug-likeness (QED) is 0.787. The van der Waals surface area contributed by atoms with Gasteiger partial charge in [-0.15, -0.1) is 0 Å². The number of aromatic nitrogens is 1. The van der Waals surface area contributed by atoms with E-state index in [0.717, 1.165) is 42.8 Å². The molecule has 4 nitrogen and oxygen atoms in total. The highest BCUT2D eigenvalue weighted by molar-refractivity contribution is 5.89. The number of nitrogens with zero attached hydrogens (tertiary/aromatic N) is 2. The first-order valence-electron chi connectivity index (χ1n) is 7.73. The van der Waals surface area contributed by atoms with Gasteiger partial charge in [0, 0.05) is 31.7 Å². The molecule has 0 spiro atoms. The van der Waals surface area contributed by atoms with Crippen LogP contribution in [0.5, 0.6) is 0 Å². The van der Waals surface area contributed by atoms with E-state index in [1.54, 1.807) is 0 Å². The van der Waals surface area contributed by atoms with Gasteiger partial charge in [-0.1, -0.05) is 23.8 Å². The number of benzene rings is 2. The van der Waals surface area contributed by atoms with E-state index >= 15 is 0 Å². The number of piperazine rings is 1. The highest BCUT2D eigenvalue weighted by Crippen LogP contribution is 2.31. The van der Waals surface area contributed by atoms with Crippen LogP contribution in [-0.4, -0.2) is 31.2 Å². The lowest BCUT2D eigenvalue weighted by atomic mass is 10.1. The molecule has 1 saturated heterocycles. The standard InChI is InChI=1S/C18H19N3O/c1-13-4-2-5-14(12-13)18-20-17-15(6-3-7-16(17)22-18)21-10-8-19-9-11-21/h2-7,12,19H,8-11H2,1H3. The molecule has 0 atom stereocenters. The zero-order valence-corrected chi connectivity index (χ0v) is 12.7. The SMILES string of the molecule is Cc1cccc(-c2nc3c(N4CCNCC4)cccc3o2)c1. The third kappa shape index (κ3) is 2.35. The maximum Gasteiger partial charge on any atom is 0.227 e. The van der Waals surface area contributed by atoms with Crippen LogP contribution in [0.1, 0.15) is 5.56 Å². The summed E-state index contributed by atoms with van der Waals surface area (Å²) in [6.07, 6.45) is 0. The third-order valence-electron chi connectivity index (χ3n) is 4.12. The third-order valence-corrected chi connectivity index (χ3v) is 4.12. The summed E-state index contributed by atoms with van der Waals surface area (Å²) in [5.74, 6) is 0.696. The fourth-order valence-electron chi connectivity index (χ4n) is 3.00. The van der Waals surface area contributed by atoms with Crippen LogP contribution in [0.15, 0.2) is 46.9 Å². The Bertz CT molecular complexity index is 803. The second kappa shape index (κ2) is 5.46. The average Bonchev–Trinajstić information content (AvgIpc) is 3.00. The fraction of sp³-hybridized carbons (Fsp3) is 0.278. The molecular formula is C18H19N3O. The lowest BCUT2D eigenvalue weighted by molar-refractivity contribution is 0.590. The van der Waals surface area contributed by atoms with Crippen LogP contribution in [0.25, 0.3) is 22.6 Å². The van der Waals surface area contributed by atoms with E-state index in [2.05, 4.69) is 35.3 Å². The van der Waals surface area contributed by atoms with Gasteiger partial charge in [-0.2, -0.15) is 0 Å². The number of hydrogen-bond donors (Lipinski definition) is 1. The highest BCUT2D eigenvalue weighted by Gasteiger charge is 2.17. The van der Waals surface area contributed by atoms with E-state index in [1.807, 2.05) is 24.3 Å². The van der Waals surface area contributed by atoms with Crippen molar-refractivity contribution < 1.29 is 4.42 Å². The molecule has 0 radical (unpaired) electrons. The zero-order chi connectivity index (χ0) is 14.9. The lowest BCUT2D eigenvalue weighted by Gasteiger charge is -2.29. The molecule has 4 heteroatoms. The van der Waals surface area contributed by atoms with Crippen LogP contribution in [0.3, 0.4) is 0 Å². The molecule has 2 aromatic carbocycles. The molecule has 0 saturated carbocycles. The number of anilines is 1. The summed E-state index contributed by atoms with van der Waals surface area (Å²) in [4.78, 5) is 7.15. The molecule has 0 unspecified atom stereocenters. The number of hydrogen-bond acceptors (Lipinski definition) is 4. The van der Waals surface area contributed by atoms with E-state index in [4.69, 9.17) is 9.40 Å². The van der Waals surface area contributed by atoms with Crippen molar-refractivity contribution in [3.05, 3.63) is 48.0 Å². The Labute approximate surface area is 129 Å². The highest BCUT2D eigenvalue weighted by atomic mass is 16.3. The van der Waals surface area contributed by atoms with Gasteiger partial charge < -0.3 is 14.6 Å². The molecule has 3 aromatic rings. The molecule has 1 aliphatic rings. The second-order valence-corrected chi connectivity index (χ2v) is 5.75. The van der Waals surface area contributed by atoms with Crippen molar-refractivity contribution in [2.24, 2.45) is 0 Å². The maximum absolute atomic E-state index is 5.99. The van der Waals surface area contributed by atoms with Gasteiger partial charge in [0.2, 0.25) is 5.89 Å². The molecule has 4 rings (SSSR count). The van der Waals surface area contributed by atoms with Crippen LogP contribution >= 0.6 is 0 Å². The molecular weight excluding hydrogens is 274 g/mol. The minimum absolute atomic E-state index is 0.696. The predicted octanol–water partition coefficient (Wildman–Crippen LogP) is 3.21. The first kappa shape index (κ1) is 13.3. The number of oxazole rings is 1. The van der Waals surface area contributed by atoms with E-state index in [0.29, 0.717) is 5.89 Å². The van der Waals surface area contributed by atoms with Gasteiger partial charge in [-0.05, 0) is 31.2 Å². The van der Waals surface area contributed by atoms with Crippen LogP contribution in [0.4, 0.5) is 5.69 Å². The summed E-state index contributed by atoms with van der Waals surface area (Å²) in [7, 11) is 0. The van der Waals surface area contributed by atoms with Gasteiger partial charge in [0.1, 0.15) is 5.52 Å². The van der Waals surface area contributed by atoms with Crippen LogP contribution in [0, 0.1) is 6.92 Å². The molecule has 1 N–H and O–H groups in total. The van der Waals surface area contributed by atoms with Gasteiger partial charge in [0.15, 0.2) is 5.58 Å². The van der Waals surface area contributed by atoms with Crippen molar-refractivity contribution in [2.75, 3.05) is 31.1 Å².